The van der Waals surface area contributed by atoms with Gasteiger partial charge in [0.25, 0.3) is 0 Å². The molecule has 0 aromatic carbocycles. The number of nitrogens with two attached hydrogens (primary N) is 1. The maximum atomic E-state index is 11.7. The molecule has 0 aromatic rings. The first-order chi connectivity index (χ1) is 11.9. The molecule has 0 spiro atoms. The highest BCUT2D eigenvalue weighted by Crippen LogP contribution is 2.38. The summed E-state index contributed by atoms with van der Waals surface area (Å²) in [5.41, 5.74) is 6.42. The SMILES string of the molecule is CCOC(=O)N1CCC(NC(N)=NCC2(CN(C)C)CCCC2)CC1.I. The van der Waals surface area contributed by atoms with Gasteiger partial charge in [-0.1, -0.05) is 12.8 Å². The first-order valence-corrected chi connectivity index (χ1v) is 9.57. The Morgan fingerprint density at radius 1 is 1.31 bits per heavy atom. The van der Waals surface area contributed by atoms with Crippen LogP contribution in [-0.2, 0) is 4.74 Å². The van der Waals surface area contributed by atoms with Gasteiger partial charge in [-0.05, 0) is 46.7 Å². The van der Waals surface area contributed by atoms with Crippen molar-refractivity contribution < 1.29 is 9.53 Å². The summed E-state index contributed by atoms with van der Waals surface area (Å²) in [6, 6.07) is 0.280. The van der Waals surface area contributed by atoms with Gasteiger partial charge in [0.1, 0.15) is 0 Å². The maximum absolute atomic E-state index is 11.7. The van der Waals surface area contributed by atoms with Crippen LogP contribution < -0.4 is 11.1 Å². The van der Waals surface area contributed by atoms with Crippen LogP contribution >= 0.6 is 24.0 Å². The molecule has 2 rings (SSSR count). The lowest BCUT2D eigenvalue weighted by molar-refractivity contribution is 0.0963. The Hall–Kier alpha value is -0.770. The summed E-state index contributed by atoms with van der Waals surface area (Å²) in [6.07, 6.45) is 6.59. The maximum Gasteiger partial charge on any atom is 0.409 e. The van der Waals surface area contributed by atoms with Crippen molar-refractivity contribution in [2.45, 2.75) is 51.5 Å². The number of hydrogen-bond acceptors (Lipinski definition) is 4. The van der Waals surface area contributed by atoms with Gasteiger partial charge in [-0.25, -0.2) is 4.79 Å². The minimum atomic E-state index is -0.213. The summed E-state index contributed by atoms with van der Waals surface area (Å²) in [5, 5.41) is 3.34. The number of aliphatic imine (C=N–C) groups is 1. The second-order valence-corrected chi connectivity index (χ2v) is 7.75. The van der Waals surface area contributed by atoms with Gasteiger partial charge < -0.3 is 25.6 Å². The zero-order chi connectivity index (χ0) is 18.3. The van der Waals surface area contributed by atoms with Crippen molar-refractivity contribution in [3.8, 4) is 0 Å². The van der Waals surface area contributed by atoms with Crippen LogP contribution in [0.3, 0.4) is 0 Å². The van der Waals surface area contributed by atoms with Crippen LogP contribution in [0.4, 0.5) is 4.79 Å². The first-order valence-electron chi connectivity index (χ1n) is 9.57. The van der Waals surface area contributed by atoms with E-state index in [1.807, 2.05) is 6.92 Å². The fourth-order valence-corrected chi connectivity index (χ4v) is 4.09. The fourth-order valence-electron chi connectivity index (χ4n) is 4.09. The highest BCUT2D eigenvalue weighted by Gasteiger charge is 2.34. The van der Waals surface area contributed by atoms with E-state index in [0.29, 0.717) is 25.7 Å². The molecule has 0 bridgehead atoms. The molecule has 2 fully saturated rings. The van der Waals surface area contributed by atoms with Crippen molar-refractivity contribution in [2.75, 3.05) is 46.9 Å². The molecule has 0 aromatic heterocycles. The molecule has 0 atom stereocenters. The fraction of sp³-hybridized carbons (Fsp3) is 0.889. The Bertz CT molecular complexity index is 458. The van der Waals surface area contributed by atoms with Crippen molar-refractivity contribution in [2.24, 2.45) is 16.1 Å². The van der Waals surface area contributed by atoms with Gasteiger partial charge in [0.05, 0.1) is 6.61 Å². The normalized spacial score (nSPS) is 20.8. The van der Waals surface area contributed by atoms with Crippen LogP contribution in [0.5, 0.6) is 0 Å². The van der Waals surface area contributed by atoms with Crippen molar-refractivity contribution >= 4 is 36.0 Å². The summed E-state index contributed by atoms with van der Waals surface area (Å²) in [7, 11) is 4.26. The van der Waals surface area contributed by atoms with Gasteiger partial charge in [0.2, 0.25) is 0 Å². The lowest BCUT2D eigenvalue weighted by Gasteiger charge is -2.32. The quantitative estimate of drug-likeness (QED) is 0.346. The number of halogens is 1. The van der Waals surface area contributed by atoms with E-state index in [4.69, 9.17) is 10.5 Å². The number of amides is 1. The molecule has 1 aliphatic carbocycles. The van der Waals surface area contributed by atoms with Crippen molar-refractivity contribution in [3.63, 3.8) is 0 Å². The Labute approximate surface area is 175 Å². The van der Waals surface area contributed by atoms with Gasteiger partial charge in [0, 0.05) is 37.6 Å². The molecule has 1 saturated heterocycles. The van der Waals surface area contributed by atoms with E-state index in [2.05, 4.69) is 29.3 Å². The summed E-state index contributed by atoms with van der Waals surface area (Å²) in [6.45, 7) is 5.53. The third-order valence-electron chi connectivity index (χ3n) is 5.27. The van der Waals surface area contributed by atoms with Crippen LogP contribution in [0.25, 0.3) is 0 Å². The van der Waals surface area contributed by atoms with E-state index in [-0.39, 0.29) is 41.5 Å². The Morgan fingerprint density at radius 2 is 1.92 bits per heavy atom. The van der Waals surface area contributed by atoms with Gasteiger partial charge in [-0.2, -0.15) is 0 Å². The molecule has 1 amide bonds. The number of nitrogens with one attached hydrogen (secondary N) is 1. The average molecular weight is 481 g/mol. The van der Waals surface area contributed by atoms with Crippen LogP contribution in [0.2, 0.25) is 0 Å². The molecule has 7 nitrogen and oxygen atoms in total. The highest BCUT2D eigenvalue weighted by atomic mass is 127. The molecule has 1 heterocycles. The second-order valence-electron chi connectivity index (χ2n) is 7.75. The molecular formula is C18H36IN5O2. The number of guanidine groups is 1. The minimum absolute atomic E-state index is 0. The lowest BCUT2D eigenvalue weighted by atomic mass is 9.86. The minimum Gasteiger partial charge on any atom is -0.450 e. The molecule has 0 radical (unpaired) electrons. The Morgan fingerprint density at radius 3 is 2.46 bits per heavy atom. The first kappa shape index (κ1) is 23.3. The molecular weight excluding hydrogens is 445 g/mol. The third kappa shape index (κ3) is 7.09. The van der Waals surface area contributed by atoms with Gasteiger partial charge in [-0.15, -0.1) is 24.0 Å². The zero-order valence-corrected chi connectivity index (χ0v) is 18.8. The van der Waals surface area contributed by atoms with E-state index in [0.717, 1.165) is 25.9 Å². The average Bonchev–Trinajstić information content (AvgIpc) is 3.02. The number of carbonyl (C=O) groups is 1. The standard InChI is InChI=1S/C18H35N5O2.HI/c1-4-25-17(24)23-11-7-15(8-12-23)21-16(19)20-13-18(14-22(2)3)9-5-6-10-18;/h15H,4-14H2,1-3H3,(H3,19,20,21);1H. The van der Waals surface area contributed by atoms with Crippen LogP contribution in [0.1, 0.15) is 45.4 Å². The molecule has 2 aliphatic rings. The molecule has 1 aliphatic heterocycles. The van der Waals surface area contributed by atoms with E-state index in [1.165, 1.54) is 25.7 Å². The molecule has 0 unspecified atom stereocenters. The Balaban J connectivity index is 0.00000338. The summed E-state index contributed by atoms with van der Waals surface area (Å²) >= 11 is 0. The predicted octanol–water partition coefficient (Wildman–Crippen LogP) is 2.25. The summed E-state index contributed by atoms with van der Waals surface area (Å²) < 4.78 is 5.05. The van der Waals surface area contributed by atoms with E-state index in [1.54, 1.807) is 4.90 Å². The molecule has 1 saturated carbocycles. The predicted molar refractivity (Wildman–Crippen MR) is 116 cm³/mol. The van der Waals surface area contributed by atoms with Gasteiger partial charge in [-0.3, -0.25) is 4.99 Å². The smallest absolute Gasteiger partial charge is 0.409 e. The Kier molecular flexibility index (Phi) is 9.99. The number of piperidine rings is 1. The van der Waals surface area contributed by atoms with Crippen molar-refractivity contribution in [3.05, 3.63) is 0 Å². The number of rotatable bonds is 6. The molecule has 8 heteroatoms. The topological polar surface area (TPSA) is 83.2 Å². The molecule has 26 heavy (non-hydrogen) atoms. The highest BCUT2D eigenvalue weighted by molar-refractivity contribution is 14.0. The summed E-state index contributed by atoms with van der Waals surface area (Å²) in [4.78, 5) is 20.4. The number of carbonyl (C=O) groups excluding carboxylic acids is 1. The van der Waals surface area contributed by atoms with E-state index < -0.39 is 0 Å². The third-order valence-corrected chi connectivity index (χ3v) is 5.27. The van der Waals surface area contributed by atoms with Gasteiger partial charge in [0.15, 0.2) is 5.96 Å². The number of hydrogen-bond donors (Lipinski definition) is 2. The van der Waals surface area contributed by atoms with Gasteiger partial charge >= 0.3 is 6.09 Å². The molecule has 3 N–H and O–H groups in total. The monoisotopic (exact) mass is 481 g/mol. The largest absolute Gasteiger partial charge is 0.450 e. The van der Waals surface area contributed by atoms with E-state index in [9.17, 15) is 4.79 Å². The van der Waals surface area contributed by atoms with E-state index >= 15 is 0 Å². The second kappa shape index (κ2) is 11.2. The summed E-state index contributed by atoms with van der Waals surface area (Å²) in [5.74, 6) is 0.541. The number of likely N-dealkylation sites (tertiary alicyclic amines) is 1. The number of nitrogens with zero attached hydrogens (tertiary/aromatic N) is 3. The van der Waals surface area contributed by atoms with Crippen molar-refractivity contribution in [1.82, 2.24) is 15.1 Å². The van der Waals surface area contributed by atoms with Crippen LogP contribution in [0.15, 0.2) is 4.99 Å². The van der Waals surface area contributed by atoms with Crippen molar-refractivity contribution in [1.29, 1.82) is 0 Å². The number of ether oxygens (including phenoxy) is 1. The lowest BCUT2D eigenvalue weighted by Crippen LogP contribution is -2.49. The zero-order valence-electron chi connectivity index (χ0n) is 16.5. The molecule has 152 valence electrons. The van der Waals surface area contributed by atoms with Crippen LogP contribution in [0, 0.1) is 5.41 Å². The van der Waals surface area contributed by atoms with Crippen LogP contribution in [-0.4, -0.2) is 74.8 Å².